The molecule has 8 N–H and O–H groups in total. The van der Waals surface area contributed by atoms with Crippen LogP contribution in [0.5, 0.6) is 0 Å². The lowest BCUT2D eigenvalue weighted by molar-refractivity contribution is -0.143. The first-order valence-corrected chi connectivity index (χ1v) is 10.7. The van der Waals surface area contributed by atoms with E-state index in [0.29, 0.717) is 5.69 Å². The van der Waals surface area contributed by atoms with E-state index in [1.54, 1.807) is 30.3 Å². The van der Waals surface area contributed by atoms with Gasteiger partial charge in [0, 0.05) is 18.3 Å². The molecule has 0 radical (unpaired) electrons. The maximum absolute atomic E-state index is 12.9. The van der Waals surface area contributed by atoms with Gasteiger partial charge in [0.2, 0.25) is 17.7 Å². The molecule has 4 unspecified atom stereocenters. The summed E-state index contributed by atoms with van der Waals surface area (Å²) in [5, 5.41) is 25.3. The normalized spacial score (nSPS) is 14.1. The molecule has 1 aromatic heterocycles. The summed E-state index contributed by atoms with van der Waals surface area (Å²) in [6.07, 6.45) is 2.07. The Morgan fingerprint density at radius 3 is 2.14 bits per heavy atom. The number of aromatic amines is 1. The highest BCUT2D eigenvalue weighted by Crippen LogP contribution is 2.05. The first-order valence-electron chi connectivity index (χ1n) is 10.7. The minimum atomic E-state index is -1.53. The number of rotatable bonds is 13. The molecule has 0 saturated carbocycles. The zero-order chi connectivity index (χ0) is 26.0. The molecule has 1 aromatic carbocycles. The minimum absolute atomic E-state index is 0.0921. The summed E-state index contributed by atoms with van der Waals surface area (Å²) in [5.41, 5.74) is 7.16. The summed E-state index contributed by atoms with van der Waals surface area (Å²) in [5.74, 6) is -5.16. The second kappa shape index (κ2) is 12.8. The number of H-pyrrole nitrogens is 1. The van der Waals surface area contributed by atoms with Crippen molar-refractivity contribution >= 4 is 29.7 Å². The van der Waals surface area contributed by atoms with E-state index >= 15 is 0 Å². The second-order valence-corrected chi connectivity index (χ2v) is 7.87. The van der Waals surface area contributed by atoms with Gasteiger partial charge in [0.05, 0.1) is 18.8 Å². The standard InChI is InChI=1S/C22H28N6O7/c1-12(22(34)35)26-20(32)16(8-14-10-24-11-25-14)28-21(33)17(9-18(29)30)27-19(31)15(23)7-13-5-3-2-4-6-13/h2-6,10-12,15-17H,7-9,23H2,1H3,(H,24,25)(H,26,32)(H,27,31)(H,28,33)(H,29,30)(H,34,35). The van der Waals surface area contributed by atoms with E-state index in [-0.39, 0.29) is 12.8 Å². The Hall–Kier alpha value is -4.26. The fraction of sp³-hybridized carbons (Fsp3) is 0.364. The summed E-state index contributed by atoms with van der Waals surface area (Å²) < 4.78 is 0. The Labute approximate surface area is 200 Å². The molecule has 3 amide bonds. The quantitative estimate of drug-likeness (QED) is 0.175. The van der Waals surface area contributed by atoms with Crippen molar-refractivity contribution in [1.29, 1.82) is 0 Å². The van der Waals surface area contributed by atoms with E-state index in [1.165, 1.54) is 19.4 Å². The van der Waals surface area contributed by atoms with E-state index in [1.807, 2.05) is 0 Å². The fourth-order valence-electron chi connectivity index (χ4n) is 3.10. The number of carboxylic acid groups (broad SMARTS) is 2. The molecule has 0 aliphatic heterocycles. The molecule has 0 bridgehead atoms. The number of aromatic nitrogens is 2. The van der Waals surface area contributed by atoms with Gasteiger partial charge in [0.1, 0.15) is 18.1 Å². The van der Waals surface area contributed by atoms with Crippen molar-refractivity contribution in [3.8, 4) is 0 Å². The van der Waals surface area contributed by atoms with E-state index in [2.05, 4.69) is 25.9 Å². The average Bonchev–Trinajstić information content (AvgIpc) is 3.31. The molecule has 0 spiro atoms. The topological polar surface area (TPSA) is 217 Å². The number of imidazole rings is 1. The van der Waals surface area contributed by atoms with Crippen LogP contribution in [0.4, 0.5) is 0 Å². The molecule has 13 heteroatoms. The van der Waals surface area contributed by atoms with Gasteiger partial charge in [-0.15, -0.1) is 0 Å². The summed E-state index contributed by atoms with van der Waals surface area (Å²) in [4.78, 5) is 67.2. The molecule has 2 rings (SSSR count). The van der Waals surface area contributed by atoms with Gasteiger partial charge in [-0.3, -0.25) is 24.0 Å². The predicted molar refractivity (Wildman–Crippen MR) is 122 cm³/mol. The van der Waals surface area contributed by atoms with E-state index in [0.717, 1.165) is 5.56 Å². The fourth-order valence-corrected chi connectivity index (χ4v) is 3.10. The Morgan fingerprint density at radius 2 is 1.57 bits per heavy atom. The lowest BCUT2D eigenvalue weighted by atomic mass is 10.0. The SMILES string of the molecule is CC(NC(=O)C(Cc1cnc[nH]1)NC(=O)C(CC(=O)O)NC(=O)C(N)Cc1ccccc1)C(=O)O. The van der Waals surface area contributed by atoms with Crippen LogP contribution in [0.3, 0.4) is 0 Å². The van der Waals surface area contributed by atoms with Gasteiger partial charge in [-0.2, -0.15) is 0 Å². The van der Waals surface area contributed by atoms with Crippen molar-refractivity contribution in [2.75, 3.05) is 0 Å². The van der Waals surface area contributed by atoms with Gasteiger partial charge in [-0.25, -0.2) is 4.98 Å². The van der Waals surface area contributed by atoms with Crippen molar-refractivity contribution < 1.29 is 34.2 Å². The zero-order valence-electron chi connectivity index (χ0n) is 18.9. The monoisotopic (exact) mass is 488 g/mol. The molecule has 35 heavy (non-hydrogen) atoms. The van der Waals surface area contributed by atoms with E-state index < -0.39 is 60.2 Å². The maximum atomic E-state index is 12.9. The van der Waals surface area contributed by atoms with Crippen molar-refractivity contribution in [1.82, 2.24) is 25.9 Å². The van der Waals surface area contributed by atoms with Gasteiger partial charge < -0.3 is 36.9 Å². The highest BCUT2D eigenvalue weighted by molar-refractivity contribution is 5.95. The Morgan fingerprint density at radius 1 is 0.943 bits per heavy atom. The third-order valence-electron chi connectivity index (χ3n) is 4.99. The highest BCUT2D eigenvalue weighted by Gasteiger charge is 2.31. The van der Waals surface area contributed by atoms with Crippen LogP contribution in [0.25, 0.3) is 0 Å². The third-order valence-corrected chi connectivity index (χ3v) is 4.99. The first kappa shape index (κ1) is 27.0. The molecule has 0 saturated heterocycles. The van der Waals surface area contributed by atoms with Gasteiger partial charge >= 0.3 is 11.9 Å². The Kier molecular flexibility index (Phi) is 9.90. The largest absolute Gasteiger partial charge is 0.481 e. The average molecular weight is 489 g/mol. The van der Waals surface area contributed by atoms with Crippen LogP contribution in [0, 0.1) is 0 Å². The van der Waals surface area contributed by atoms with Crippen LogP contribution in [-0.4, -0.2) is 74.0 Å². The predicted octanol–water partition coefficient (Wildman–Crippen LogP) is -1.44. The maximum Gasteiger partial charge on any atom is 0.325 e. The van der Waals surface area contributed by atoms with Gasteiger partial charge in [-0.05, 0) is 18.9 Å². The first-order chi connectivity index (χ1) is 16.6. The number of carboxylic acids is 2. The Balaban J connectivity index is 2.13. The summed E-state index contributed by atoms with van der Waals surface area (Å²) in [7, 11) is 0. The van der Waals surface area contributed by atoms with Crippen LogP contribution in [0.2, 0.25) is 0 Å². The molecule has 0 aliphatic carbocycles. The number of nitrogens with zero attached hydrogens (tertiary/aromatic N) is 1. The number of hydrogen-bond acceptors (Lipinski definition) is 7. The zero-order valence-corrected chi connectivity index (χ0v) is 18.9. The van der Waals surface area contributed by atoms with Gasteiger partial charge in [-0.1, -0.05) is 30.3 Å². The number of carbonyl (C=O) groups excluding carboxylic acids is 3. The second-order valence-electron chi connectivity index (χ2n) is 7.87. The van der Waals surface area contributed by atoms with Crippen molar-refractivity contribution in [2.24, 2.45) is 5.73 Å². The molecule has 4 atom stereocenters. The summed E-state index contributed by atoms with van der Waals surface area (Å²) in [6.45, 7) is 1.25. The number of carbonyl (C=O) groups is 5. The number of nitrogens with one attached hydrogen (secondary N) is 4. The lowest BCUT2D eigenvalue weighted by Crippen LogP contribution is -2.58. The molecule has 13 nitrogen and oxygen atoms in total. The number of nitrogens with two attached hydrogens (primary N) is 1. The number of benzene rings is 1. The summed E-state index contributed by atoms with van der Waals surface area (Å²) in [6, 6.07) is 3.78. The van der Waals surface area contributed by atoms with Gasteiger partial charge in [0.25, 0.3) is 0 Å². The highest BCUT2D eigenvalue weighted by atomic mass is 16.4. The number of aliphatic carboxylic acids is 2. The van der Waals surface area contributed by atoms with Crippen LogP contribution in [0.1, 0.15) is 24.6 Å². The molecule has 0 fully saturated rings. The molecule has 1 heterocycles. The van der Waals surface area contributed by atoms with Gasteiger partial charge in [0.15, 0.2) is 0 Å². The molecular weight excluding hydrogens is 460 g/mol. The van der Waals surface area contributed by atoms with Crippen molar-refractivity contribution in [3.63, 3.8) is 0 Å². The minimum Gasteiger partial charge on any atom is -0.481 e. The number of hydrogen-bond donors (Lipinski definition) is 7. The summed E-state index contributed by atoms with van der Waals surface area (Å²) >= 11 is 0. The van der Waals surface area contributed by atoms with Crippen LogP contribution < -0.4 is 21.7 Å². The van der Waals surface area contributed by atoms with E-state index in [4.69, 9.17) is 10.8 Å². The van der Waals surface area contributed by atoms with Crippen LogP contribution in [-0.2, 0) is 36.8 Å². The molecular formula is C22H28N6O7. The lowest BCUT2D eigenvalue weighted by Gasteiger charge is -2.24. The molecule has 0 aliphatic rings. The van der Waals surface area contributed by atoms with Crippen molar-refractivity contribution in [3.05, 3.63) is 54.1 Å². The van der Waals surface area contributed by atoms with Crippen LogP contribution >= 0.6 is 0 Å². The molecule has 2 aromatic rings. The van der Waals surface area contributed by atoms with Crippen LogP contribution in [0.15, 0.2) is 42.9 Å². The third kappa shape index (κ3) is 8.89. The van der Waals surface area contributed by atoms with E-state index in [9.17, 15) is 29.1 Å². The smallest absolute Gasteiger partial charge is 0.325 e. The number of amides is 3. The Bertz CT molecular complexity index is 1030. The molecule has 188 valence electrons. The van der Waals surface area contributed by atoms with Crippen molar-refractivity contribution in [2.45, 2.75) is 50.4 Å².